The number of hydrogen-bond acceptors (Lipinski definition) is 4. The molecule has 0 aliphatic carbocycles. The Morgan fingerprint density at radius 2 is 1.88 bits per heavy atom. The molecular weight excluding hydrogens is 320 g/mol. The van der Waals surface area contributed by atoms with Crippen molar-refractivity contribution in [2.75, 3.05) is 13.8 Å². The van der Waals surface area contributed by atoms with Crippen LogP contribution in [0.15, 0.2) is 48.5 Å². The van der Waals surface area contributed by atoms with Gasteiger partial charge in [0.05, 0.1) is 5.56 Å². The van der Waals surface area contributed by atoms with E-state index in [0.717, 1.165) is 5.56 Å². The van der Waals surface area contributed by atoms with Crippen LogP contribution in [0.2, 0.25) is 0 Å². The molecule has 3 rings (SSSR count). The van der Waals surface area contributed by atoms with Crippen molar-refractivity contribution >= 4 is 11.8 Å². The summed E-state index contributed by atoms with van der Waals surface area (Å²) in [4.78, 5) is 26.0. The predicted molar refractivity (Wildman–Crippen MR) is 92.4 cm³/mol. The Labute approximate surface area is 146 Å². The number of nitrogens with zero attached hydrogens (tertiary/aromatic N) is 1. The first-order chi connectivity index (χ1) is 12.1. The van der Waals surface area contributed by atoms with E-state index in [1.165, 1.54) is 0 Å². The molecule has 1 heterocycles. The van der Waals surface area contributed by atoms with E-state index in [0.29, 0.717) is 23.5 Å². The summed E-state index contributed by atoms with van der Waals surface area (Å²) in [5.74, 6) is 0.314. The minimum Gasteiger partial charge on any atom is -0.454 e. The molecule has 0 bridgehead atoms. The number of primary amides is 1. The molecule has 25 heavy (non-hydrogen) atoms. The van der Waals surface area contributed by atoms with Crippen molar-refractivity contribution in [3.8, 4) is 11.5 Å². The zero-order valence-electron chi connectivity index (χ0n) is 14.0. The smallest absolute Gasteiger partial charge is 0.257 e. The molecule has 0 aromatic heterocycles. The Morgan fingerprint density at radius 3 is 2.60 bits per heavy atom. The van der Waals surface area contributed by atoms with E-state index in [4.69, 9.17) is 15.2 Å². The second-order valence-corrected chi connectivity index (χ2v) is 5.97. The fourth-order valence-electron chi connectivity index (χ4n) is 2.92. The summed E-state index contributed by atoms with van der Waals surface area (Å²) in [6.07, 6.45) is 0.627. The second-order valence-electron chi connectivity index (χ2n) is 5.97. The number of hydrogen-bond donors (Lipinski definition) is 1. The van der Waals surface area contributed by atoms with Gasteiger partial charge in [0.1, 0.15) is 0 Å². The van der Waals surface area contributed by atoms with Crippen LogP contribution in [-0.2, 0) is 11.2 Å². The summed E-state index contributed by atoms with van der Waals surface area (Å²) in [7, 11) is 1.67. The van der Waals surface area contributed by atoms with Crippen molar-refractivity contribution < 1.29 is 19.1 Å². The zero-order valence-corrected chi connectivity index (χ0v) is 14.0. The molecule has 2 amide bonds. The number of carbonyl (C=O) groups excluding carboxylic acids is 2. The zero-order chi connectivity index (χ0) is 17.8. The van der Waals surface area contributed by atoms with Crippen molar-refractivity contribution in [2.24, 2.45) is 5.73 Å². The van der Waals surface area contributed by atoms with Crippen molar-refractivity contribution in [1.29, 1.82) is 0 Å². The summed E-state index contributed by atoms with van der Waals surface area (Å²) in [5.41, 5.74) is 6.84. The van der Waals surface area contributed by atoms with Crippen LogP contribution in [0.4, 0.5) is 0 Å². The highest BCUT2D eigenvalue weighted by atomic mass is 16.7. The van der Waals surface area contributed by atoms with Gasteiger partial charge in [-0.15, -0.1) is 0 Å². The van der Waals surface area contributed by atoms with Crippen molar-refractivity contribution in [2.45, 2.75) is 18.9 Å². The Kier molecular flexibility index (Phi) is 4.88. The maximum absolute atomic E-state index is 13.0. The molecule has 130 valence electrons. The van der Waals surface area contributed by atoms with Gasteiger partial charge in [0, 0.05) is 19.5 Å². The molecular formula is C19H20N2O4. The molecule has 6 nitrogen and oxygen atoms in total. The SMILES string of the molecule is CN(C(=O)c1cccc2c1OCO2)C(CC(N)=O)Cc1ccccc1. The van der Waals surface area contributed by atoms with Crippen molar-refractivity contribution in [3.05, 3.63) is 59.7 Å². The molecule has 0 fully saturated rings. The first-order valence-corrected chi connectivity index (χ1v) is 8.04. The largest absolute Gasteiger partial charge is 0.454 e. The standard InChI is InChI=1S/C19H20N2O4/c1-21(14(11-17(20)22)10-13-6-3-2-4-7-13)19(23)15-8-5-9-16-18(15)25-12-24-16/h2-9,14H,10-12H2,1H3,(H2,20,22). The Balaban J connectivity index is 1.84. The predicted octanol–water partition coefficient (Wildman–Crippen LogP) is 1.97. The first kappa shape index (κ1) is 16.8. The molecule has 2 aromatic rings. The molecule has 0 saturated carbocycles. The number of benzene rings is 2. The quantitative estimate of drug-likeness (QED) is 0.872. The number of rotatable bonds is 6. The number of ether oxygens (including phenoxy) is 2. The van der Waals surface area contributed by atoms with E-state index in [1.807, 2.05) is 30.3 Å². The highest BCUT2D eigenvalue weighted by Gasteiger charge is 2.28. The van der Waals surface area contributed by atoms with Crippen molar-refractivity contribution in [3.63, 3.8) is 0 Å². The normalized spacial score (nSPS) is 13.3. The van der Waals surface area contributed by atoms with E-state index < -0.39 is 5.91 Å². The molecule has 2 aromatic carbocycles. The van der Waals surface area contributed by atoms with Crippen LogP contribution >= 0.6 is 0 Å². The molecule has 1 aliphatic heterocycles. The van der Waals surface area contributed by atoms with Gasteiger partial charge >= 0.3 is 0 Å². The maximum atomic E-state index is 13.0. The third-order valence-electron chi connectivity index (χ3n) is 4.25. The van der Waals surface area contributed by atoms with Gasteiger partial charge in [0.25, 0.3) is 5.91 Å². The molecule has 0 spiro atoms. The average Bonchev–Trinajstić information content (AvgIpc) is 3.09. The molecule has 0 radical (unpaired) electrons. The van der Waals surface area contributed by atoms with E-state index in [1.54, 1.807) is 30.1 Å². The van der Waals surface area contributed by atoms with Crippen LogP contribution in [-0.4, -0.2) is 36.6 Å². The van der Waals surface area contributed by atoms with Crippen LogP contribution in [0.5, 0.6) is 11.5 Å². The minimum absolute atomic E-state index is 0.0868. The molecule has 2 N–H and O–H groups in total. The van der Waals surface area contributed by atoms with Gasteiger partial charge in [-0.05, 0) is 24.1 Å². The Morgan fingerprint density at radius 1 is 1.12 bits per heavy atom. The number of amides is 2. The fourth-order valence-corrected chi connectivity index (χ4v) is 2.92. The fraction of sp³-hybridized carbons (Fsp3) is 0.263. The Bertz CT molecular complexity index is 776. The van der Waals surface area contributed by atoms with Crippen LogP contribution in [0, 0.1) is 0 Å². The monoisotopic (exact) mass is 340 g/mol. The van der Waals surface area contributed by atoms with Crippen LogP contribution in [0.25, 0.3) is 0 Å². The van der Waals surface area contributed by atoms with E-state index in [2.05, 4.69) is 0 Å². The Hall–Kier alpha value is -3.02. The van der Waals surface area contributed by atoms with Gasteiger partial charge in [-0.25, -0.2) is 0 Å². The maximum Gasteiger partial charge on any atom is 0.257 e. The minimum atomic E-state index is -0.446. The van der Waals surface area contributed by atoms with Gasteiger partial charge < -0.3 is 20.1 Å². The summed E-state index contributed by atoms with van der Waals surface area (Å²) in [6, 6.07) is 14.5. The summed E-state index contributed by atoms with van der Waals surface area (Å²) in [5, 5.41) is 0. The van der Waals surface area contributed by atoms with Crippen LogP contribution < -0.4 is 15.2 Å². The third kappa shape index (κ3) is 3.74. The summed E-state index contributed by atoms with van der Waals surface area (Å²) < 4.78 is 10.7. The first-order valence-electron chi connectivity index (χ1n) is 8.04. The lowest BCUT2D eigenvalue weighted by Crippen LogP contribution is -2.41. The van der Waals surface area contributed by atoms with Gasteiger partial charge in [-0.2, -0.15) is 0 Å². The molecule has 6 heteroatoms. The van der Waals surface area contributed by atoms with Gasteiger partial charge in [-0.3, -0.25) is 9.59 Å². The van der Waals surface area contributed by atoms with E-state index in [-0.39, 0.29) is 25.2 Å². The van der Waals surface area contributed by atoms with Gasteiger partial charge in [-0.1, -0.05) is 36.4 Å². The average molecular weight is 340 g/mol. The van der Waals surface area contributed by atoms with E-state index >= 15 is 0 Å². The number of fused-ring (bicyclic) bond motifs is 1. The van der Waals surface area contributed by atoms with Crippen molar-refractivity contribution in [1.82, 2.24) is 4.90 Å². The molecule has 1 atom stereocenters. The van der Waals surface area contributed by atoms with Crippen LogP contribution in [0.3, 0.4) is 0 Å². The third-order valence-corrected chi connectivity index (χ3v) is 4.25. The number of para-hydroxylation sites is 1. The molecule has 1 unspecified atom stereocenters. The summed E-state index contributed by atoms with van der Waals surface area (Å²) >= 11 is 0. The number of nitrogens with two attached hydrogens (primary N) is 1. The lowest BCUT2D eigenvalue weighted by Gasteiger charge is -2.28. The number of carbonyl (C=O) groups is 2. The topological polar surface area (TPSA) is 81.9 Å². The van der Waals surface area contributed by atoms with Gasteiger partial charge in [0.15, 0.2) is 11.5 Å². The highest BCUT2D eigenvalue weighted by molar-refractivity contribution is 5.98. The number of likely N-dealkylation sites (N-methyl/N-ethyl adjacent to an activating group) is 1. The second kappa shape index (κ2) is 7.25. The molecule has 0 saturated heterocycles. The lowest BCUT2D eigenvalue weighted by atomic mass is 10.0. The summed E-state index contributed by atoms with van der Waals surface area (Å²) in [6.45, 7) is 0.0953. The van der Waals surface area contributed by atoms with Gasteiger partial charge in [0.2, 0.25) is 12.7 Å². The highest BCUT2D eigenvalue weighted by Crippen LogP contribution is 2.36. The van der Waals surface area contributed by atoms with E-state index in [9.17, 15) is 9.59 Å². The molecule has 1 aliphatic rings. The van der Waals surface area contributed by atoms with Crippen LogP contribution in [0.1, 0.15) is 22.3 Å². The lowest BCUT2D eigenvalue weighted by molar-refractivity contribution is -0.118.